The van der Waals surface area contributed by atoms with Gasteiger partial charge in [0.15, 0.2) is 5.11 Å². The van der Waals surface area contributed by atoms with E-state index in [1.807, 2.05) is 18.7 Å². The number of nitrogens with one attached hydrogen (secondary N) is 2. The zero-order valence-electron chi connectivity index (χ0n) is 10.0. The molecule has 0 aliphatic carbocycles. The maximum Gasteiger partial charge on any atom is 0.245 e. The molecule has 0 radical (unpaired) electrons. The standard InChI is InChI=1S/C10H19N3O2S/c1-10(2)8(14)11-4-6-13(10)9(16)12-5-7-15-3/h4-7H2,1-3H3,(H,11,14)(H,12,16). The molecule has 0 spiro atoms. The molecule has 0 saturated carbocycles. The van der Waals surface area contributed by atoms with Gasteiger partial charge in [-0.2, -0.15) is 0 Å². The van der Waals surface area contributed by atoms with E-state index in [-0.39, 0.29) is 5.91 Å². The van der Waals surface area contributed by atoms with Crippen molar-refractivity contribution in [3.05, 3.63) is 0 Å². The Morgan fingerprint density at radius 2 is 2.38 bits per heavy atom. The van der Waals surface area contributed by atoms with Crippen LogP contribution >= 0.6 is 12.2 Å². The first kappa shape index (κ1) is 13.2. The Hall–Kier alpha value is -0.880. The number of thiocarbonyl (C=S) groups is 1. The molecule has 0 atom stereocenters. The largest absolute Gasteiger partial charge is 0.383 e. The third kappa shape index (κ3) is 2.82. The normalized spacial score (nSPS) is 19.2. The molecule has 0 aromatic carbocycles. The van der Waals surface area contributed by atoms with Gasteiger partial charge in [0.25, 0.3) is 0 Å². The summed E-state index contributed by atoms with van der Waals surface area (Å²) in [5.41, 5.74) is -0.588. The fourth-order valence-electron chi connectivity index (χ4n) is 1.61. The first-order chi connectivity index (χ1) is 7.50. The van der Waals surface area contributed by atoms with Crippen LogP contribution in [-0.4, -0.2) is 54.8 Å². The van der Waals surface area contributed by atoms with Gasteiger partial charge in [0.1, 0.15) is 5.54 Å². The first-order valence-electron chi connectivity index (χ1n) is 5.33. The minimum atomic E-state index is -0.588. The Balaban J connectivity index is 2.56. The Labute approximate surface area is 102 Å². The summed E-state index contributed by atoms with van der Waals surface area (Å²) in [6.07, 6.45) is 0. The Morgan fingerprint density at radius 3 is 3.00 bits per heavy atom. The molecule has 5 nitrogen and oxygen atoms in total. The number of carbonyl (C=O) groups is 1. The van der Waals surface area contributed by atoms with E-state index in [0.717, 1.165) is 6.54 Å². The minimum absolute atomic E-state index is 0.00893. The molecule has 0 bridgehead atoms. The van der Waals surface area contributed by atoms with Crippen LogP contribution in [0.1, 0.15) is 13.8 Å². The summed E-state index contributed by atoms with van der Waals surface area (Å²) in [4.78, 5) is 13.6. The summed E-state index contributed by atoms with van der Waals surface area (Å²) >= 11 is 5.27. The van der Waals surface area contributed by atoms with Crippen molar-refractivity contribution in [2.75, 3.05) is 33.4 Å². The van der Waals surface area contributed by atoms with Gasteiger partial charge in [-0.1, -0.05) is 0 Å². The molecular formula is C10H19N3O2S. The van der Waals surface area contributed by atoms with E-state index in [1.165, 1.54) is 0 Å². The van der Waals surface area contributed by atoms with Crippen LogP contribution in [0.5, 0.6) is 0 Å². The molecule has 1 heterocycles. The number of piperazine rings is 1. The van der Waals surface area contributed by atoms with Crippen molar-refractivity contribution in [2.45, 2.75) is 19.4 Å². The highest BCUT2D eigenvalue weighted by Crippen LogP contribution is 2.17. The van der Waals surface area contributed by atoms with Gasteiger partial charge >= 0.3 is 0 Å². The van der Waals surface area contributed by atoms with Crippen LogP contribution in [0.2, 0.25) is 0 Å². The predicted octanol–water partition coefficient (Wildman–Crippen LogP) is -0.282. The highest BCUT2D eigenvalue weighted by Gasteiger charge is 2.38. The lowest BCUT2D eigenvalue weighted by Crippen LogP contribution is -2.65. The average Bonchev–Trinajstić information content (AvgIpc) is 2.22. The maximum atomic E-state index is 11.7. The Bertz CT molecular complexity index is 281. The van der Waals surface area contributed by atoms with E-state index >= 15 is 0 Å². The molecule has 16 heavy (non-hydrogen) atoms. The number of hydrogen-bond acceptors (Lipinski definition) is 3. The van der Waals surface area contributed by atoms with Crippen LogP contribution in [0.25, 0.3) is 0 Å². The lowest BCUT2D eigenvalue weighted by atomic mass is 10.00. The molecule has 1 amide bonds. The fourth-order valence-corrected chi connectivity index (χ4v) is 2.03. The van der Waals surface area contributed by atoms with Crippen LogP contribution in [0, 0.1) is 0 Å². The highest BCUT2D eigenvalue weighted by atomic mass is 32.1. The van der Waals surface area contributed by atoms with Crippen LogP contribution in [-0.2, 0) is 9.53 Å². The summed E-state index contributed by atoms with van der Waals surface area (Å²) in [5, 5.41) is 6.52. The number of methoxy groups -OCH3 is 1. The molecule has 92 valence electrons. The second kappa shape index (κ2) is 5.45. The van der Waals surface area contributed by atoms with E-state index in [9.17, 15) is 4.79 Å². The molecule has 1 fully saturated rings. The van der Waals surface area contributed by atoms with Gasteiger partial charge in [-0.05, 0) is 26.1 Å². The van der Waals surface area contributed by atoms with Crippen molar-refractivity contribution < 1.29 is 9.53 Å². The van der Waals surface area contributed by atoms with Crippen molar-refractivity contribution in [1.29, 1.82) is 0 Å². The van der Waals surface area contributed by atoms with Crippen molar-refractivity contribution in [3.63, 3.8) is 0 Å². The average molecular weight is 245 g/mol. The number of carbonyl (C=O) groups excluding carboxylic acids is 1. The number of amides is 1. The summed E-state index contributed by atoms with van der Waals surface area (Å²) < 4.78 is 4.93. The third-order valence-electron chi connectivity index (χ3n) is 2.68. The van der Waals surface area contributed by atoms with Gasteiger partial charge in [-0.15, -0.1) is 0 Å². The van der Waals surface area contributed by atoms with E-state index in [4.69, 9.17) is 17.0 Å². The smallest absolute Gasteiger partial charge is 0.245 e. The van der Waals surface area contributed by atoms with Crippen molar-refractivity contribution in [3.8, 4) is 0 Å². The van der Waals surface area contributed by atoms with E-state index in [2.05, 4.69) is 10.6 Å². The maximum absolute atomic E-state index is 11.7. The lowest BCUT2D eigenvalue weighted by Gasteiger charge is -2.42. The second-order valence-corrected chi connectivity index (χ2v) is 4.58. The number of hydrogen-bond donors (Lipinski definition) is 2. The van der Waals surface area contributed by atoms with Crippen LogP contribution in [0.4, 0.5) is 0 Å². The molecule has 0 aromatic rings. The molecule has 0 unspecified atom stereocenters. The Morgan fingerprint density at radius 1 is 1.69 bits per heavy atom. The van der Waals surface area contributed by atoms with Gasteiger partial charge in [0.05, 0.1) is 6.61 Å². The third-order valence-corrected chi connectivity index (χ3v) is 3.04. The molecule has 1 aliphatic heterocycles. The predicted molar refractivity (Wildman–Crippen MR) is 66.3 cm³/mol. The van der Waals surface area contributed by atoms with Gasteiger partial charge in [0, 0.05) is 26.7 Å². The van der Waals surface area contributed by atoms with Crippen molar-refractivity contribution in [2.24, 2.45) is 0 Å². The van der Waals surface area contributed by atoms with E-state index in [1.54, 1.807) is 7.11 Å². The van der Waals surface area contributed by atoms with Gasteiger partial charge in [-0.3, -0.25) is 4.79 Å². The summed E-state index contributed by atoms with van der Waals surface area (Å²) in [6, 6.07) is 0. The molecule has 2 N–H and O–H groups in total. The monoisotopic (exact) mass is 245 g/mol. The molecule has 6 heteroatoms. The molecule has 0 aromatic heterocycles. The highest BCUT2D eigenvalue weighted by molar-refractivity contribution is 7.80. The van der Waals surface area contributed by atoms with Crippen LogP contribution < -0.4 is 10.6 Å². The number of nitrogens with zero attached hydrogens (tertiary/aromatic N) is 1. The molecule has 1 saturated heterocycles. The van der Waals surface area contributed by atoms with Crippen LogP contribution in [0.15, 0.2) is 0 Å². The summed E-state index contributed by atoms with van der Waals surface area (Å²) in [7, 11) is 1.64. The molecule has 1 rings (SSSR count). The minimum Gasteiger partial charge on any atom is -0.383 e. The topological polar surface area (TPSA) is 53.6 Å². The number of ether oxygens (including phenoxy) is 1. The van der Waals surface area contributed by atoms with Gasteiger partial charge < -0.3 is 20.3 Å². The second-order valence-electron chi connectivity index (χ2n) is 4.19. The van der Waals surface area contributed by atoms with E-state index in [0.29, 0.717) is 24.8 Å². The zero-order valence-corrected chi connectivity index (χ0v) is 10.8. The lowest BCUT2D eigenvalue weighted by molar-refractivity contribution is -0.132. The quantitative estimate of drug-likeness (QED) is 0.529. The zero-order chi connectivity index (χ0) is 12.2. The molecular weight excluding hydrogens is 226 g/mol. The van der Waals surface area contributed by atoms with Gasteiger partial charge in [0.2, 0.25) is 5.91 Å². The SMILES string of the molecule is COCCNC(=S)N1CCNC(=O)C1(C)C. The van der Waals surface area contributed by atoms with Crippen LogP contribution in [0.3, 0.4) is 0 Å². The molecule has 1 aliphatic rings. The summed E-state index contributed by atoms with van der Waals surface area (Å²) in [5.74, 6) is 0.00893. The Kier molecular flexibility index (Phi) is 4.49. The van der Waals surface area contributed by atoms with Gasteiger partial charge in [-0.25, -0.2) is 0 Å². The fraction of sp³-hybridized carbons (Fsp3) is 0.800. The van der Waals surface area contributed by atoms with Crippen molar-refractivity contribution in [1.82, 2.24) is 15.5 Å². The van der Waals surface area contributed by atoms with Crippen molar-refractivity contribution >= 4 is 23.2 Å². The first-order valence-corrected chi connectivity index (χ1v) is 5.73. The summed E-state index contributed by atoms with van der Waals surface area (Å²) in [6.45, 7) is 6.35. The van der Waals surface area contributed by atoms with E-state index < -0.39 is 5.54 Å². The number of rotatable bonds is 3.